The van der Waals surface area contributed by atoms with Crippen molar-refractivity contribution in [2.75, 3.05) is 7.11 Å². The highest BCUT2D eigenvalue weighted by Crippen LogP contribution is 2.10. The molecule has 1 rings (SSSR count). The molecule has 0 fully saturated rings. The zero-order chi connectivity index (χ0) is 9.14. The van der Waals surface area contributed by atoms with Crippen LogP contribution in [0.15, 0.2) is 11.6 Å². The number of hydrogen-bond acceptors (Lipinski definition) is 5. The van der Waals surface area contributed by atoms with Gasteiger partial charge in [-0.25, -0.2) is 9.59 Å². The second-order valence-corrected chi connectivity index (χ2v) is 2.13. The van der Waals surface area contributed by atoms with Gasteiger partial charge in [-0.3, -0.25) is 4.79 Å². The molecular weight excluding hydrogens is 164 g/mol. The van der Waals surface area contributed by atoms with Gasteiger partial charge in [-0.05, 0) is 0 Å². The summed E-state index contributed by atoms with van der Waals surface area (Å²) in [5.74, 6) is -2.24. The highest BCUT2D eigenvalue weighted by Gasteiger charge is 2.23. The standard InChI is InChI=1S/C7H6O5/c1-11-7(10)4-2-5(8)12-6(9)3-4/h2H,3H2,1H3. The summed E-state index contributed by atoms with van der Waals surface area (Å²) in [6.45, 7) is 0. The lowest BCUT2D eigenvalue weighted by molar-refractivity contribution is -0.158. The first kappa shape index (κ1) is 8.45. The Morgan fingerprint density at radius 1 is 1.58 bits per heavy atom. The zero-order valence-electron chi connectivity index (χ0n) is 6.33. The highest BCUT2D eigenvalue weighted by molar-refractivity contribution is 6.06. The third-order valence-corrected chi connectivity index (χ3v) is 1.29. The van der Waals surface area contributed by atoms with Gasteiger partial charge in [0, 0.05) is 6.08 Å². The summed E-state index contributed by atoms with van der Waals surface area (Å²) in [5.41, 5.74) is 0.0266. The van der Waals surface area contributed by atoms with Crippen molar-refractivity contribution in [3.8, 4) is 0 Å². The summed E-state index contributed by atoms with van der Waals surface area (Å²) in [4.78, 5) is 32.0. The quantitative estimate of drug-likeness (QED) is 0.394. The first-order valence-corrected chi connectivity index (χ1v) is 3.17. The Hall–Kier alpha value is -1.65. The molecule has 0 atom stereocenters. The topological polar surface area (TPSA) is 69.7 Å². The summed E-state index contributed by atoms with van der Waals surface area (Å²) in [6.07, 6.45) is 0.742. The maximum Gasteiger partial charge on any atom is 0.338 e. The van der Waals surface area contributed by atoms with Gasteiger partial charge in [0.15, 0.2) is 0 Å². The maximum atomic E-state index is 10.8. The molecule has 0 bridgehead atoms. The lowest BCUT2D eigenvalue weighted by Gasteiger charge is -2.08. The summed E-state index contributed by atoms with van der Waals surface area (Å²) in [6, 6.07) is 0. The van der Waals surface area contributed by atoms with Crippen LogP contribution in [0.5, 0.6) is 0 Å². The SMILES string of the molecule is COC(=O)C1=CC(=O)OC(=O)C1. The molecular formula is C7H6O5. The minimum absolute atomic E-state index is 0.0266. The average Bonchev–Trinajstić information content (AvgIpc) is 2.01. The number of esters is 3. The summed E-state index contributed by atoms with van der Waals surface area (Å²) < 4.78 is 8.47. The largest absolute Gasteiger partial charge is 0.466 e. The smallest absolute Gasteiger partial charge is 0.338 e. The Bertz CT molecular complexity index is 276. The fourth-order valence-electron chi connectivity index (χ4n) is 0.789. The van der Waals surface area contributed by atoms with E-state index in [0.717, 1.165) is 6.08 Å². The van der Waals surface area contributed by atoms with E-state index in [9.17, 15) is 14.4 Å². The number of ether oxygens (including phenoxy) is 2. The number of methoxy groups -OCH3 is 1. The van der Waals surface area contributed by atoms with Gasteiger partial charge in [0.1, 0.15) is 0 Å². The van der Waals surface area contributed by atoms with E-state index >= 15 is 0 Å². The summed E-state index contributed by atoms with van der Waals surface area (Å²) in [7, 11) is 1.17. The van der Waals surface area contributed by atoms with Gasteiger partial charge in [0.2, 0.25) is 0 Å². The minimum atomic E-state index is -0.827. The molecule has 5 nitrogen and oxygen atoms in total. The summed E-state index contributed by atoms with van der Waals surface area (Å²) >= 11 is 0. The molecule has 0 saturated carbocycles. The Morgan fingerprint density at radius 3 is 2.75 bits per heavy atom. The van der Waals surface area contributed by atoms with Crippen LogP contribution >= 0.6 is 0 Å². The first-order chi connectivity index (χ1) is 5.63. The van der Waals surface area contributed by atoms with Crippen molar-refractivity contribution in [2.45, 2.75) is 6.42 Å². The van der Waals surface area contributed by atoms with Crippen LogP contribution in [0.2, 0.25) is 0 Å². The van der Waals surface area contributed by atoms with Crippen LogP contribution in [0.25, 0.3) is 0 Å². The van der Waals surface area contributed by atoms with Gasteiger partial charge < -0.3 is 9.47 Å². The van der Waals surface area contributed by atoms with Gasteiger partial charge in [0.05, 0.1) is 19.1 Å². The van der Waals surface area contributed by atoms with E-state index in [0.29, 0.717) is 0 Å². The van der Waals surface area contributed by atoms with E-state index in [1.807, 2.05) is 0 Å². The molecule has 0 aromatic heterocycles. The number of cyclic esters (lactones) is 2. The molecule has 0 aromatic rings. The molecule has 0 radical (unpaired) electrons. The molecule has 0 unspecified atom stereocenters. The van der Waals surface area contributed by atoms with Gasteiger partial charge in [-0.2, -0.15) is 0 Å². The van der Waals surface area contributed by atoms with Crippen molar-refractivity contribution in [1.29, 1.82) is 0 Å². The number of rotatable bonds is 1. The Balaban J connectivity index is 2.83. The monoisotopic (exact) mass is 170 g/mol. The third kappa shape index (κ3) is 1.69. The minimum Gasteiger partial charge on any atom is -0.466 e. The Labute approximate surface area is 67.9 Å². The number of hydrogen-bond donors (Lipinski definition) is 0. The number of carbonyl (C=O) groups is 3. The van der Waals surface area contributed by atoms with E-state index in [1.165, 1.54) is 7.11 Å². The van der Waals surface area contributed by atoms with E-state index in [-0.39, 0.29) is 12.0 Å². The van der Waals surface area contributed by atoms with E-state index in [4.69, 9.17) is 0 Å². The average molecular weight is 170 g/mol. The number of carbonyl (C=O) groups excluding carboxylic acids is 3. The van der Waals surface area contributed by atoms with Crippen molar-refractivity contribution in [3.05, 3.63) is 11.6 Å². The van der Waals surface area contributed by atoms with E-state index in [2.05, 4.69) is 9.47 Å². The van der Waals surface area contributed by atoms with Gasteiger partial charge in [0.25, 0.3) is 0 Å². The van der Waals surface area contributed by atoms with E-state index in [1.54, 1.807) is 0 Å². The second kappa shape index (κ2) is 3.17. The van der Waals surface area contributed by atoms with Crippen molar-refractivity contribution >= 4 is 17.9 Å². The molecule has 0 aromatic carbocycles. The van der Waals surface area contributed by atoms with Crippen LogP contribution in [0.4, 0.5) is 0 Å². The van der Waals surface area contributed by atoms with Crippen LogP contribution in [0, 0.1) is 0 Å². The Kier molecular flexibility index (Phi) is 2.23. The fourth-order valence-corrected chi connectivity index (χ4v) is 0.789. The lowest BCUT2D eigenvalue weighted by atomic mass is 10.1. The lowest BCUT2D eigenvalue weighted by Crippen LogP contribution is -2.21. The maximum absolute atomic E-state index is 10.8. The first-order valence-electron chi connectivity index (χ1n) is 3.17. The molecule has 0 saturated heterocycles. The molecule has 0 aliphatic carbocycles. The Morgan fingerprint density at radius 2 is 2.25 bits per heavy atom. The van der Waals surface area contributed by atoms with Crippen LogP contribution in [-0.4, -0.2) is 25.0 Å². The van der Waals surface area contributed by atoms with Crippen molar-refractivity contribution in [2.24, 2.45) is 0 Å². The van der Waals surface area contributed by atoms with Crippen LogP contribution in [0.3, 0.4) is 0 Å². The summed E-state index contributed by atoms with van der Waals surface area (Å²) in [5, 5.41) is 0. The normalized spacial score (nSPS) is 16.6. The third-order valence-electron chi connectivity index (χ3n) is 1.29. The zero-order valence-corrected chi connectivity index (χ0v) is 6.33. The molecule has 0 spiro atoms. The van der Waals surface area contributed by atoms with Gasteiger partial charge in [-0.15, -0.1) is 0 Å². The molecule has 64 valence electrons. The van der Waals surface area contributed by atoms with Gasteiger partial charge in [-0.1, -0.05) is 0 Å². The fraction of sp³-hybridized carbons (Fsp3) is 0.286. The van der Waals surface area contributed by atoms with Crippen LogP contribution in [-0.2, 0) is 23.9 Å². The molecule has 1 aliphatic rings. The van der Waals surface area contributed by atoms with Crippen LogP contribution < -0.4 is 0 Å². The van der Waals surface area contributed by atoms with Crippen molar-refractivity contribution < 1.29 is 23.9 Å². The van der Waals surface area contributed by atoms with Crippen molar-refractivity contribution in [1.82, 2.24) is 0 Å². The molecule has 1 aliphatic heterocycles. The van der Waals surface area contributed by atoms with Gasteiger partial charge >= 0.3 is 17.9 Å². The molecule has 5 heteroatoms. The molecule has 0 N–H and O–H groups in total. The predicted molar refractivity (Wildman–Crippen MR) is 35.8 cm³/mol. The molecule has 1 heterocycles. The predicted octanol–water partition coefficient (Wildman–Crippen LogP) is -0.441. The molecule has 0 amide bonds. The highest BCUT2D eigenvalue weighted by atomic mass is 16.6. The van der Waals surface area contributed by atoms with Crippen LogP contribution in [0.1, 0.15) is 6.42 Å². The molecule has 12 heavy (non-hydrogen) atoms. The van der Waals surface area contributed by atoms with E-state index < -0.39 is 17.9 Å². The van der Waals surface area contributed by atoms with Crippen molar-refractivity contribution in [3.63, 3.8) is 0 Å². The second-order valence-electron chi connectivity index (χ2n) is 2.13.